The zero-order valence-electron chi connectivity index (χ0n) is 9.41. The van der Waals surface area contributed by atoms with Gasteiger partial charge in [-0.15, -0.1) is 0 Å². The topological polar surface area (TPSA) is 30.2 Å². The normalized spacial score (nSPS) is 11.9. The molecule has 0 aliphatic carbocycles. The Morgan fingerprint density at radius 1 is 1.31 bits per heavy atom. The van der Waals surface area contributed by atoms with Gasteiger partial charge in [-0.3, -0.25) is 0 Å². The van der Waals surface area contributed by atoms with Crippen LogP contribution in [0.5, 0.6) is 0 Å². The summed E-state index contributed by atoms with van der Waals surface area (Å²) in [6.07, 6.45) is -0.928. The van der Waals surface area contributed by atoms with Crippen molar-refractivity contribution in [3.8, 4) is 0 Å². The Balaban J connectivity index is 2.75. The number of aryl methyl sites for hydroxylation is 1. The molecule has 0 amide bonds. The SMILES string of the molecule is Cc1cc(C(F)F)n2ncc(C(C)C)c2n1. The molecule has 2 aromatic rings. The quantitative estimate of drug-likeness (QED) is 0.786. The third-order valence-electron chi connectivity index (χ3n) is 2.50. The lowest BCUT2D eigenvalue weighted by Crippen LogP contribution is -2.03. The van der Waals surface area contributed by atoms with E-state index < -0.39 is 6.43 Å². The fraction of sp³-hybridized carbons (Fsp3) is 0.455. The first-order chi connectivity index (χ1) is 7.50. The molecule has 16 heavy (non-hydrogen) atoms. The van der Waals surface area contributed by atoms with Crippen LogP contribution in [-0.4, -0.2) is 14.6 Å². The summed E-state index contributed by atoms with van der Waals surface area (Å²) in [5.74, 6) is 0.220. The molecule has 0 N–H and O–H groups in total. The van der Waals surface area contributed by atoms with Gasteiger partial charge in [-0.25, -0.2) is 18.3 Å². The van der Waals surface area contributed by atoms with Crippen LogP contribution in [0, 0.1) is 6.92 Å². The summed E-state index contributed by atoms with van der Waals surface area (Å²) in [4.78, 5) is 4.27. The minimum absolute atomic E-state index is 0.102. The van der Waals surface area contributed by atoms with Crippen molar-refractivity contribution in [1.82, 2.24) is 14.6 Å². The molecule has 0 atom stereocenters. The summed E-state index contributed by atoms with van der Waals surface area (Å²) < 4.78 is 26.8. The van der Waals surface area contributed by atoms with Gasteiger partial charge in [0.1, 0.15) is 5.69 Å². The number of hydrogen-bond acceptors (Lipinski definition) is 2. The van der Waals surface area contributed by atoms with Gasteiger partial charge in [0.15, 0.2) is 5.65 Å². The van der Waals surface area contributed by atoms with Crippen LogP contribution in [-0.2, 0) is 0 Å². The highest BCUT2D eigenvalue weighted by molar-refractivity contribution is 5.49. The minimum atomic E-state index is -2.54. The molecule has 0 spiro atoms. The lowest BCUT2D eigenvalue weighted by atomic mass is 10.1. The first kappa shape index (κ1) is 11.0. The first-order valence-corrected chi connectivity index (χ1v) is 5.14. The second-order valence-electron chi connectivity index (χ2n) is 4.11. The molecule has 0 fully saturated rings. The molecule has 2 aromatic heterocycles. The summed E-state index contributed by atoms with van der Waals surface area (Å²) in [6.45, 7) is 5.69. The standard InChI is InChI=1S/C11H13F2N3/c1-6(2)8-5-14-16-9(10(12)13)4-7(3)15-11(8)16/h4-6,10H,1-3H3. The molecule has 0 unspecified atom stereocenters. The molecule has 0 saturated carbocycles. The zero-order chi connectivity index (χ0) is 11.9. The molecule has 0 aliphatic rings. The highest BCUT2D eigenvalue weighted by Gasteiger charge is 2.17. The van der Waals surface area contributed by atoms with Gasteiger partial charge in [0.25, 0.3) is 6.43 Å². The second-order valence-corrected chi connectivity index (χ2v) is 4.11. The Morgan fingerprint density at radius 2 is 2.00 bits per heavy atom. The van der Waals surface area contributed by atoms with Crippen molar-refractivity contribution < 1.29 is 8.78 Å². The maximum Gasteiger partial charge on any atom is 0.280 e. The van der Waals surface area contributed by atoms with Crippen molar-refractivity contribution in [3.05, 3.63) is 29.2 Å². The number of alkyl halides is 2. The Kier molecular flexibility index (Phi) is 2.61. The second kappa shape index (κ2) is 3.81. The molecule has 3 nitrogen and oxygen atoms in total. The van der Waals surface area contributed by atoms with E-state index in [2.05, 4.69) is 10.1 Å². The average Bonchev–Trinajstić information content (AvgIpc) is 2.59. The molecule has 2 heterocycles. The van der Waals surface area contributed by atoms with Gasteiger partial charge >= 0.3 is 0 Å². The lowest BCUT2D eigenvalue weighted by Gasteiger charge is -2.06. The summed E-state index contributed by atoms with van der Waals surface area (Å²) in [6, 6.07) is 1.37. The van der Waals surface area contributed by atoms with Crippen LogP contribution in [0.25, 0.3) is 5.65 Å². The maximum atomic E-state index is 12.8. The van der Waals surface area contributed by atoms with E-state index in [0.717, 1.165) is 5.56 Å². The number of hydrogen-bond donors (Lipinski definition) is 0. The van der Waals surface area contributed by atoms with Crippen molar-refractivity contribution in [2.24, 2.45) is 0 Å². The van der Waals surface area contributed by atoms with Gasteiger partial charge in [-0.1, -0.05) is 13.8 Å². The molecular weight excluding hydrogens is 212 g/mol. The highest BCUT2D eigenvalue weighted by Crippen LogP contribution is 2.24. The van der Waals surface area contributed by atoms with Gasteiger partial charge in [-0.05, 0) is 18.9 Å². The number of aromatic nitrogens is 3. The molecule has 0 saturated heterocycles. The third kappa shape index (κ3) is 1.66. The van der Waals surface area contributed by atoms with Crippen molar-refractivity contribution in [2.75, 3.05) is 0 Å². The molecule has 0 bridgehead atoms. The minimum Gasteiger partial charge on any atom is -0.234 e. The van der Waals surface area contributed by atoms with E-state index >= 15 is 0 Å². The summed E-state index contributed by atoms with van der Waals surface area (Å²) in [5.41, 5.74) is 1.91. The van der Waals surface area contributed by atoms with Crippen molar-refractivity contribution in [3.63, 3.8) is 0 Å². The average molecular weight is 225 g/mol. The van der Waals surface area contributed by atoms with Crippen LogP contribution in [0.4, 0.5) is 8.78 Å². The molecular formula is C11H13F2N3. The Morgan fingerprint density at radius 3 is 2.56 bits per heavy atom. The number of rotatable bonds is 2. The largest absolute Gasteiger partial charge is 0.280 e. The highest BCUT2D eigenvalue weighted by atomic mass is 19.3. The monoisotopic (exact) mass is 225 g/mol. The van der Waals surface area contributed by atoms with Crippen LogP contribution < -0.4 is 0 Å². The fourth-order valence-corrected chi connectivity index (χ4v) is 1.69. The predicted molar refractivity (Wildman–Crippen MR) is 56.8 cm³/mol. The molecule has 0 aliphatic heterocycles. The van der Waals surface area contributed by atoms with E-state index in [0.29, 0.717) is 11.3 Å². The van der Waals surface area contributed by atoms with Gasteiger partial charge in [-0.2, -0.15) is 5.10 Å². The van der Waals surface area contributed by atoms with E-state index in [1.54, 1.807) is 13.1 Å². The Bertz CT molecular complexity index is 517. The summed E-state index contributed by atoms with van der Waals surface area (Å²) in [7, 11) is 0. The molecule has 2 rings (SSSR count). The van der Waals surface area contributed by atoms with Gasteiger partial charge in [0.2, 0.25) is 0 Å². The number of halogens is 2. The lowest BCUT2D eigenvalue weighted by molar-refractivity contribution is 0.143. The molecule has 5 heteroatoms. The van der Waals surface area contributed by atoms with E-state index in [1.165, 1.54) is 10.6 Å². The molecule has 0 radical (unpaired) electrons. The van der Waals surface area contributed by atoms with E-state index in [-0.39, 0.29) is 11.6 Å². The summed E-state index contributed by atoms with van der Waals surface area (Å²) in [5, 5.41) is 3.98. The van der Waals surface area contributed by atoms with E-state index in [9.17, 15) is 8.78 Å². The van der Waals surface area contributed by atoms with E-state index in [1.807, 2.05) is 13.8 Å². The molecule has 0 aromatic carbocycles. The smallest absolute Gasteiger partial charge is 0.234 e. The zero-order valence-corrected chi connectivity index (χ0v) is 9.41. The van der Waals surface area contributed by atoms with Gasteiger partial charge < -0.3 is 0 Å². The fourth-order valence-electron chi connectivity index (χ4n) is 1.69. The first-order valence-electron chi connectivity index (χ1n) is 5.14. The predicted octanol–water partition coefficient (Wildman–Crippen LogP) is 3.10. The maximum absolute atomic E-state index is 12.8. The molecule has 86 valence electrons. The summed E-state index contributed by atoms with van der Waals surface area (Å²) >= 11 is 0. The number of fused-ring (bicyclic) bond motifs is 1. The van der Waals surface area contributed by atoms with Crippen LogP contribution >= 0.6 is 0 Å². The number of nitrogens with zero attached hydrogens (tertiary/aromatic N) is 3. The van der Waals surface area contributed by atoms with Crippen LogP contribution in [0.1, 0.15) is 43.1 Å². The van der Waals surface area contributed by atoms with Crippen LogP contribution in [0.2, 0.25) is 0 Å². The van der Waals surface area contributed by atoms with Crippen LogP contribution in [0.3, 0.4) is 0 Å². The van der Waals surface area contributed by atoms with E-state index in [4.69, 9.17) is 0 Å². The Labute approximate surface area is 92.1 Å². The van der Waals surface area contributed by atoms with Crippen LogP contribution in [0.15, 0.2) is 12.3 Å². The van der Waals surface area contributed by atoms with Gasteiger partial charge in [0.05, 0.1) is 6.20 Å². The van der Waals surface area contributed by atoms with Crippen molar-refractivity contribution in [1.29, 1.82) is 0 Å². The van der Waals surface area contributed by atoms with Crippen molar-refractivity contribution in [2.45, 2.75) is 33.1 Å². The third-order valence-corrected chi connectivity index (χ3v) is 2.50. The van der Waals surface area contributed by atoms with Gasteiger partial charge in [0, 0.05) is 11.3 Å². The van der Waals surface area contributed by atoms with Crippen molar-refractivity contribution >= 4 is 5.65 Å². The Hall–Kier alpha value is -1.52.